The molecule has 2 N–H and O–H groups in total. The summed E-state index contributed by atoms with van der Waals surface area (Å²) in [4.78, 5) is 4.29. The van der Waals surface area contributed by atoms with Crippen LogP contribution in [0.15, 0.2) is 35.3 Å². The topological polar surface area (TPSA) is 36.4 Å². The van der Waals surface area contributed by atoms with Crippen LogP contribution in [-0.2, 0) is 0 Å². The highest BCUT2D eigenvalue weighted by Gasteiger charge is 2.08. The fourth-order valence-corrected chi connectivity index (χ4v) is 2.04. The van der Waals surface area contributed by atoms with Crippen LogP contribution < -0.4 is 10.6 Å². The smallest absolute Gasteiger partial charge is 0.191 e. The summed E-state index contributed by atoms with van der Waals surface area (Å²) in [6.07, 6.45) is 2.41. The molecule has 0 amide bonds. The average molecular weight is 261 g/mol. The number of aliphatic imine (C=N–C) groups is 1. The van der Waals surface area contributed by atoms with Crippen molar-refractivity contribution in [2.45, 2.75) is 39.7 Å². The Balaban J connectivity index is 2.49. The third-order valence-electron chi connectivity index (χ3n) is 3.59. The van der Waals surface area contributed by atoms with Crippen molar-refractivity contribution in [2.75, 3.05) is 13.6 Å². The van der Waals surface area contributed by atoms with E-state index in [0.29, 0.717) is 5.92 Å². The minimum absolute atomic E-state index is 0.258. The number of rotatable bonds is 6. The predicted molar refractivity (Wildman–Crippen MR) is 83.4 cm³/mol. The number of hydrogen-bond acceptors (Lipinski definition) is 1. The van der Waals surface area contributed by atoms with Crippen molar-refractivity contribution >= 4 is 5.96 Å². The maximum Gasteiger partial charge on any atom is 0.191 e. The van der Waals surface area contributed by atoms with E-state index in [4.69, 9.17) is 0 Å². The normalized spacial score (nSPS) is 13.4. The molecule has 1 atom stereocenters. The van der Waals surface area contributed by atoms with E-state index in [-0.39, 0.29) is 6.04 Å². The summed E-state index contributed by atoms with van der Waals surface area (Å²) in [7, 11) is 1.82. The van der Waals surface area contributed by atoms with Gasteiger partial charge in [0.05, 0.1) is 6.04 Å². The van der Waals surface area contributed by atoms with Crippen LogP contribution in [0.4, 0.5) is 0 Å². The zero-order chi connectivity index (χ0) is 14.1. The molecule has 0 heterocycles. The quantitative estimate of drug-likeness (QED) is 0.608. The first-order chi connectivity index (χ1) is 9.21. The summed E-state index contributed by atoms with van der Waals surface area (Å²) in [6, 6.07) is 10.7. The van der Waals surface area contributed by atoms with Gasteiger partial charge in [-0.1, -0.05) is 57.0 Å². The average Bonchev–Trinajstić information content (AvgIpc) is 2.47. The Kier molecular flexibility index (Phi) is 7.01. The SMILES string of the molecule is CCC(CC)CNC(=NC)NC(C)c1ccccc1. The molecule has 0 aliphatic rings. The molecule has 3 nitrogen and oxygen atoms in total. The van der Waals surface area contributed by atoms with Crippen molar-refractivity contribution < 1.29 is 0 Å². The first-order valence-corrected chi connectivity index (χ1v) is 7.23. The fraction of sp³-hybridized carbons (Fsp3) is 0.562. The maximum absolute atomic E-state index is 4.29. The van der Waals surface area contributed by atoms with Crippen LogP contribution in [0.1, 0.15) is 45.2 Å². The Bertz CT molecular complexity index is 369. The van der Waals surface area contributed by atoms with Crippen molar-refractivity contribution in [1.29, 1.82) is 0 Å². The van der Waals surface area contributed by atoms with Crippen LogP contribution >= 0.6 is 0 Å². The lowest BCUT2D eigenvalue weighted by atomic mass is 10.0. The van der Waals surface area contributed by atoms with Gasteiger partial charge in [-0.25, -0.2) is 0 Å². The van der Waals surface area contributed by atoms with E-state index >= 15 is 0 Å². The molecule has 0 spiro atoms. The first-order valence-electron chi connectivity index (χ1n) is 7.23. The zero-order valence-corrected chi connectivity index (χ0v) is 12.6. The van der Waals surface area contributed by atoms with Crippen LogP contribution in [0.25, 0.3) is 0 Å². The summed E-state index contributed by atoms with van der Waals surface area (Å²) in [5, 5.41) is 6.84. The second-order valence-corrected chi connectivity index (χ2v) is 4.91. The van der Waals surface area contributed by atoms with Gasteiger partial charge in [0.1, 0.15) is 0 Å². The third-order valence-corrected chi connectivity index (χ3v) is 3.59. The highest BCUT2D eigenvalue weighted by atomic mass is 15.2. The van der Waals surface area contributed by atoms with E-state index in [2.05, 4.69) is 60.7 Å². The Morgan fingerprint density at radius 2 is 1.79 bits per heavy atom. The van der Waals surface area contributed by atoms with E-state index < -0.39 is 0 Å². The number of nitrogens with zero attached hydrogens (tertiary/aromatic N) is 1. The summed E-state index contributed by atoms with van der Waals surface area (Å²) in [5.74, 6) is 1.59. The van der Waals surface area contributed by atoms with Crippen LogP contribution in [-0.4, -0.2) is 19.6 Å². The van der Waals surface area contributed by atoms with Gasteiger partial charge in [-0.2, -0.15) is 0 Å². The molecule has 0 aliphatic carbocycles. The summed E-state index contributed by atoms with van der Waals surface area (Å²) < 4.78 is 0. The molecule has 0 aliphatic heterocycles. The molecule has 106 valence electrons. The molecular formula is C16H27N3. The van der Waals surface area contributed by atoms with Crippen molar-refractivity contribution in [3.8, 4) is 0 Å². The molecule has 0 saturated heterocycles. The molecule has 1 aromatic carbocycles. The molecule has 0 aromatic heterocycles. The molecule has 1 aromatic rings. The van der Waals surface area contributed by atoms with Gasteiger partial charge in [0, 0.05) is 13.6 Å². The van der Waals surface area contributed by atoms with Gasteiger partial charge in [-0.05, 0) is 18.4 Å². The zero-order valence-electron chi connectivity index (χ0n) is 12.6. The van der Waals surface area contributed by atoms with Gasteiger partial charge >= 0.3 is 0 Å². The lowest BCUT2D eigenvalue weighted by Gasteiger charge is -2.20. The predicted octanol–water partition coefficient (Wildman–Crippen LogP) is 3.35. The molecular weight excluding hydrogens is 234 g/mol. The Hall–Kier alpha value is -1.51. The molecule has 0 bridgehead atoms. The van der Waals surface area contributed by atoms with Gasteiger partial charge in [-0.3, -0.25) is 4.99 Å². The third kappa shape index (κ3) is 5.33. The maximum atomic E-state index is 4.29. The van der Waals surface area contributed by atoms with Crippen LogP contribution in [0.3, 0.4) is 0 Å². The minimum atomic E-state index is 0.258. The molecule has 0 radical (unpaired) electrons. The minimum Gasteiger partial charge on any atom is -0.356 e. The molecule has 0 saturated carbocycles. The van der Waals surface area contributed by atoms with Gasteiger partial charge in [0.2, 0.25) is 0 Å². The lowest BCUT2D eigenvalue weighted by molar-refractivity contribution is 0.479. The van der Waals surface area contributed by atoms with E-state index in [0.717, 1.165) is 12.5 Å². The number of hydrogen-bond donors (Lipinski definition) is 2. The Labute approximate surface area is 117 Å². The van der Waals surface area contributed by atoms with Crippen molar-refractivity contribution in [3.05, 3.63) is 35.9 Å². The van der Waals surface area contributed by atoms with Crippen molar-refractivity contribution in [3.63, 3.8) is 0 Å². The van der Waals surface area contributed by atoms with Crippen LogP contribution in [0.5, 0.6) is 0 Å². The summed E-state index contributed by atoms with van der Waals surface area (Å²) in [5.41, 5.74) is 1.27. The van der Waals surface area contributed by atoms with Crippen molar-refractivity contribution in [1.82, 2.24) is 10.6 Å². The monoisotopic (exact) mass is 261 g/mol. The van der Waals surface area contributed by atoms with E-state index in [1.807, 2.05) is 13.1 Å². The molecule has 1 unspecified atom stereocenters. The standard InChI is InChI=1S/C16H27N3/c1-5-14(6-2)12-18-16(17-4)19-13(3)15-10-8-7-9-11-15/h7-11,13-14H,5-6,12H2,1-4H3,(H2,17,18,19). The second kappa shape index (κ2) is 8.57. The Morgan fingerprint density at radius 3 is 2.32 bits per heavy atom. The molecule has 1 rings (SSSR count). The Morgan fingerprint density at radius 1 is 1.16 bits per heavy atom. The largest absolute Gasteiger partial charge is 0.356 e. The van der Waals surface area contributed by atoms with E-state index in [1.165, 1.54) is 18.4 Å². The fourth-order valence-electron chi connectivity index (χ4n) is 2.04. The highest BCUT2D eigenvalue weighted by Crippen LogP contribution is 2.11. The van der Waals surface area contributed by atoms with Crippen LogP contribution in [0, 0.1) is 5.92 Å². The highest BCUT2D eigenvalue weighted by molar-refractivity contribution is 5.80. The van der Waals surface area contributed by atoms with E-state index in [1.54, 1.807) is 0 Å². The van der Waals surface area contributed by atoms with Crippen molar-refractivity contribution in [2.24, 2.45) is 10.9 Å². The number of guanidine groups is 1. The van der Waals surface area contributed by atoms with Gasteiger partial charge < -0.3 is 10.6 Å². The lowest BCUT2D eigenvalue weighted by Crippen LogP contribution is -2.40. The van der Waals surface area contributed by atoms with Gasteiger partial charge in [0.15, 0.2) is 5.96 Å². The van der Waals surface area contributed by atoms with E-state index in [9.17, 15) is 0 Å². The molecule has 0 fully saturated rings. The number of benzene rings is 1. The second-order valence-electron chi connectivity index (χ2n) is 4.91. The molecule has 3 heteroatoms. The summed E-state index contributed by atoms with van der Waals surface area (Å²) >= 11 is 0. The summed E-state index contributed by atoms with van der Waals surface area (Å²) in [6.45, 7) is 7.60. The molecule has 19 heavy (non-hydrogen) atoms. The number of nitrogens with one attached hydrogen (secondary N) is 2. The van der Waals surface area contributed by atoms with Crippen LogP contribution in [0.2, 0.25) is 0 Å². The van der Waals surface area contributed by atoms with Gasteiger partial charge in [-0.15, -0.1) is 0 Å². The first kappa shape index (κ1) is 15.5. The van der Waals surface area contributed by atoms with Gasteiger partial charge in [0.25, 0.3) is 0 Å².